The Hall–Kier alpha value is 0.660. The van der Waals surface area contributed by atoms with Gasteiger partial charge in [-0.15, -0.1) is 0 Å². The molecule has 0 N–H and O–H groups in total. The lowest BCUT2D eigenvalue weighted by Crippen LogP contribution is -1.94. The molecule has 0 heterocycles. The first-order valence-electron chi connectivity index (χ1n) is 2.51. The van der Waals surface area contributed by atoms with Gasteiger partial charge in [-0.2, -0.15) is 0 Å². The molecule has 2 heteroatoms. The standard InChI is InChI=1S/C5H10FI/c1-2-5(7)3-4-6/h5H,2-4H2,1H3/t5-/m0/s1. The van der Waals surface area contributed by atoms with Gasteiger partial charge in [-0.25, -0.2) is 0 Å². The minimum atomic E-state index is -0.165. The minimum absolute atomic E-state index is 0.165. The summed E-state index contributed by atoms with van der Waals surface area (Å²) in [6.07, 6.45) is 1.81. The molecule has 0 saturated carbocycles. The SMILES string of the molecule is CC[C@H](I)CCF. The third-order valence-electron chi connectivity index (χ3n) is 0.865. The molecule has 0 rings (SSSR count). The van der Waals surface area contributed by atoms with E-state index in [0.29, 0.717) is 3.92 Å². The fourth-order valence-electron chi connectivity index (χ4n) is 0.323. The summed E-state index contributed by atoms with van der Waals surface area (Å²) in [5, 5.41) is 0. The van der Waals surface area contributed by atoms with Crippen LogP contribution in [0.1, 0.15) is 19.8 Å². The molecule has 0 aromatic carbocycles. The van der Waals surface area contributed by atoms with Crippen LogP contribution >= 0.6 is 22.6 Å². The first-order valence-corrected chi connectivity index (χ1v) is 3.75. The Morgan fingerprint density at radius 2 is 2.29 bits per heavy atom. The molecule has 0 aliphatic heterocycles. The first-order chi connectivity index (χ1) is 3.31. The van der Waals surface area contributed by atoms with Crippen LogP contribution < -0.4 is 0 Å². The fourth-order valence-corrected chi connectivity index (χ4v) is 0.558. The van der Waals surface area contributed by atoms with Crippen LogP contribution in [0.4, 0.5) is 4.39 Å². The highest BCUT2D eigenvalue weighted by atomic mass is 127. The summed E-state index contributed by atoms with van der Waals surface area (Å²) in [4.78, 5) is 0. The van der Waals surface area contributed by atoms with Gasteiger partial charge in [0.15, 0.2) is 0 Å². The summed E-state index contributed by atoms with van der Waals surface area (Å²) in [5.74, 6) is 0. The topological polar surface area (TPSA) is 0 Å². The molecular weight excluding hydrogens is 206 g/mol. The monoisotopic (exact) mass is 216 g/mol. The number of rotatable bonds is 3. The van der Waals surface area contributed by atoms with Gasteiger partial charge in [0.1, 0.15) is 0 Å². The van der Waals surface area contributed by atoms with Gasteiger partial charge in [0.2, 0.25) is 0 Å². The van der Waals surface area contributed by atoms with Crippen LogP contribution in [-0.4, -0.2) is 10.6 Å². The molecule has 0 nitrogen and oxygen atoms in total. The predicted molar refractivity (Wildman–Crippen MR) is 38.7 cm³/mol. The second kappa shape index (κ2) is 4.81. The zero-order valence-electron chi connectivity index (χ0n) is 4.45. The Balaban J connectivity index is 2.83. The molecule has 7 heavy (non-hydrogen) atoms. The molecule has 0 spiro atoms. The van der Waals surface area contributed by atoms with E-state index < -0.39 is 0 Å². The highest BCUT2D eigenvalue weighted by Gasteiger charge is 1.96. The molecule has 0 aromatic rings. The lowest BCUT2D eigenvalue weighted by atomic mass is 10.3. The zero-order chi connectivity index (χ0) is 5.70. The van der Waals surface area contributed by atoms with E-state index in [1.165, 1.54) is 0 Å². The molecule has 0 bridgehead atoms. The van der Waals surface area contributed by atoms with Gasteiger partial charge in [0.05, 0.1) is 6.67 Å². The van der Waals surface area contributed by atoms with Gasteiger partial charge < -0.3 is 0 Å². The van der Waals surface area contributed by atoms with E-state index in [4.69, 9.17) is 0 Å². The van der Waals surface area contributed by atoms with Crippen molar-refractivity contribution in [3.8, 4) is 0 Å². The first kappa shape index (κ1) is 7.66. The third kappa shape index (κ3) is 4.51. The lowest BCUT2D eigenvalue weighted by Gasteiger charge is -1.98. The highest BCUT2D eigenvalue weighted by molar-refractivity contribution is 14.1. The summed E-state index contributed by atoms with van der Waals surface area (Å²) >= 11 is 2.27. The van der Waals surface area contributed by atoms with E-state index in [9.17, 15) is 4.39 Å². The van der Waals surface area contributed by atoms with Crippen molar-refractivity contribution < 1.29 is 4.39 Å². The maximum absolute atomic E-state index is 11.4. The van der Waals surface area contributed by atoms with Crippen molar-refractivity contribution >= 4 is 22.6 Å². The molecule has 0 radical (unpaired) electrons. The van der Waals surface area contributed by atoms with E-state index in [2.05, 4.69) is 29.5 Å². The Labute approximate surface area is 57.6 Å². The molecular formula is C5H10FI. The number of halogens is 2. The zero-order valence-corrected chi connectivity index (χ0v) is 6.61. The van der Waals surface area contributed by atoms with Gasteiger partial charge >= 0.3 is 0 Å². The Morgan fingerprint density at radius 3 is 2.43 bits per heavy atom. The molecule has 0 unspecified atom stereocenters. The van der Waals surface area contributed by atoms with Crippen molar-refractivity contribution in [3.05, 3.63) is 0 Å². The van der Waals surface area contributed by atoms with E-state index >= 15 is 0 Å². The van der Waals surface area contributed by atoms with Crippen molar-refractivity contribution in [3.63, 3.8) is 0 Å². The Kier molecular flexibility index (Phi) is 5.26. The van der Waals surface area contributed by atoms with Crippen LogP contribution in [0.15, 0.2) is 0 Å². The highest BCUT2D eigenvalue weighted by Crippen LogP contribution is 2.08. The summed E-state index contributed by atoms with van der Waals surface area (Å²) in [6.45, 7) is 1.91. The molecule has 0 amide bonds. The normalized spacial score (nSPS) is 14.1. The molecule has 44 valence electrons. The maximum atomic E-state index is 11.4. The largest absolute Gasteiger partial charge is 0.251 e. The van der Waals surface area contributed by atoms with Crippen LogP contribution in [0.3, 0.4) is 0 Å². The maximum Gasteiger partial charge on any atom is 0.0904 e. The Bertz CT molecular complexity index is 39.1. The quantitative estimate of drug-likeness (QED) is 0.502. The predicted octanol–water partition coefficient (Wildman–Crippen LogP) is 2.56. The van der Waals surface area contributed by atoms with Gasteiger partial charge in [0, 0.05) is 3.92 Å². The number of alkyl halides is 2. The average Bonchev–Trinajstić information content (AvgIpc) is 1.68. The van der Waals surface area contributed by atoms with Crippen LogP contribution in [0.25, 0.3) is 0 Å². The summed E-state index contributed by atoms with van der Waals surface area (Å²) in [6, 6.07) is 0. The molecule has 1 atom stereocenters. The minimum Gasteiger partial charge on any atom is -0.251 e. The van der Waals surface area contributed by atoms with Gasteiger partial charge in [-0.1, -0.05) is 29.5 Å². The summed E-state index contributed by atoms with van der Waals surface area (Å²) in [5.41, 5.74) is 0. The average molecular weight is 216 g/mol. The summed E-state index contributed by atoms with van der Waals surface area (Å²) < 4.78 is 12.0. The van der Waals surface area contributed by atoms with Gasteiger partial charge in [-0.3, -0.25) is 4.39 Å². The molecule has 0 fully saturated rings. The van der Waals surface area contributed by atoms with Gasteiger partial charge in [-0.05, 0) is 12.8 Å². The van der Waals surface area contributed by atoms with Crippen LogP contribution in [-0.2, 0) is 0 Å². The number of hydrogen-bond acceptors (Lipinski definition) is 0. The van der Waals surface area contributed by atoms with Crippen molar-refractivity contribution in [2.45, 2.75) is 23.7 Å². The molecule has 0 aromatic heterocycles. The van der Waals surface area contributed by atoms with Crippen molar-refractivity contribution in [1.82, 2.24) is 0 Å². The van der Waals surface area contributed by atoms with E-state index in [1.54, 1.807) is 0 Å². The van der Waals surface area contributed by atoms with Crippen molar-refractivity contribution in [2.24, 2.45) is 0 Å². The van der Waals surface area contributed by atoms with E-state index in [0.717, 1.165) is 12.8 Å². The van der Waals surface area contributed by atoms with Crippen molar-refractivity contribution in [2.75, 3.05) is 6.67 Å². The fraction of sp³-hybridized carbons (Fsp3) is 1.00. The smallest absolute Gasteiger partial charge is 0.0904 e. The third-order valence-corrected chi connectivity index (χ3v) is 2.37. The summed E-state index contributed by atoms with van der Waals surface area (Å²) in [7, 11) is 0. The molecule has 0 aliphatic carbocycles. The molecule has 0 saturated heterocycles. The second-order valence-corrected chi connectivity index (χ2v) is 3.24. The van der Waals surface area contributed by atoms with Crippen LogP contribution in [0, 0.1) is 0 Å². The second-order valence-electron chi connectivity index (χ2n) is 1.48. The Morgan fingerprint density at radius 1 is 1.71 bits per heavy atom. The van der Waals surface area contributed by atoms with E-state index in [-0.39, 0.29) is 6.67 Å². The van der Waals surface area contributed by atoms with Crippen LogP contribution in [0.2, 0.25) is 0 Å². The molecule has 0 aliphatic rings. The van der Waals surface area contributed by atoms with Gasteiger partial charge in [0.25, 0.3) is 0 Å². The number of hydrogen-bond donors (Lipinski definition) is 0. The van der Waals surface area contributed by atoms with E-state index in [1.807, 2.05) is 0 Å². The van der Waals surface area contributed by atoms with Crippen LogP contribution in [0.5, 0.6) is 0 Å². The lowest BCUT2D eigenvalue weighted by molar-refractivity contribution is 0.469. The van der Waals surface area contributed by atoms with Crippen molar-refractivity contribution in [1.29, 1.82) is 0 Å².